The SMILES string of the molecule is CCNC(=NCC1CCCN(C(C)C)C1)NC(C)CC. The van der Waals surface area contributed by atoms with Crippen molar-refractivity contribution in [3.05, 3.63) is 0 Å². The summed E-state index contributed by atoms with van der Waals surface area (Å²) >= 11 is 0. The lowest BCUT2D eigenvalue weighted by Crippen LogP contribution is -2.43. The number of likely N-dealkylation sites (tertiary alicyclic amines) is 1. The van der Waals surface area contributed by atoms with Gasteiger partial charge in [0.1, 0.15) is 0 Å². The van der Waals surface area contributed by atoms with Crippen LogP contribution in [0.5, 0.6) is 0 Å². The molecule has 4 heteroatoms. The molecule has 0 aliphatic carbocycles. The molecule has 0 radical (unpaired) electrons. The Morgan fingerprint density at radius 2 is 2.05 bits per heavy atom. The lowest BCUT2D eigenvalue weighted by Gasteiger charge is -2.34. The summed E-state index contributed by atoms with van der Waals surface area (Å²) in [7, 11) is 0. The molecule has 1 rings (SSSR count). The predicted octanol–water partition coefficient (Wildman–Crippen LogP) is 2.46. The first-order valence-corrected chi connectivity index (χ1v) is 8.35. The number of guanidine groups is 1. The van der Waals surface area contributed by atoms with E-state index in [0.717, 1.165) is 25.5 Å². The van der Waals surface area contributed by atoms with E-state index >= 15 is 0 Å². The van der Waals surface area contributed by atoms with Gasteiger partial charge in [-0.3, -0.25) is 4.99 Å². The molecule has 2 N–H and O–H groups in total. The molecule has 1 fully saturated rings. The summed E-state index contributed by atoms with van der Waals surface area (Å²) < 4.78 is 0. The molecule has 4 nitrogen and oxygen atoms in total. The summed E-state index contributed by atoms with van der Waals surface area (Å²) in [5.74, 6) is 1.68. The van der Waals surface area contributed by atoms with Gasteiger partial charge in [-0.1, -0.05) is 6.92 Å². The number of hydrogen-bond donors (Lipinski definition) is 2. The zero-order valence-corrected chi connectivity index (χ0v) is 14.1. The number of aliphatic imine (C=N–C) groups is 1. The maximum Gasteiger partial charge on any atom is 0.191 e. The molecule has 0 amide bonds. The molecule has 0 spiro atoms. The van der Waals surface area contributed by atoms with E-state index in [1.165, 1.54) is 25.9 Å². The van der Waals surface area contributed by atoms with Crippen LogP contribution in [0.25, 0.3) is 0 Å². The zero-order valence-electron chi connectivity index (χ0n) is 14.1. The van der Waals surface area contributed by atoms with Crippen molar-refractivity contribution in [2.24, 2.45) is 10.9 Å². The first-order valence-electron chi connectivity index (χ1n) is 8.35. The van der Waals surface area contributed by atoms with E-state index < -0.39 is 0 Å². The molecule has 20 heavy (non-hydrogen) atoms. The van der Waals surface area contributed by atoms with Gasteiger partial charge in [-0.2, -0.15) is 0 Å². The van der Waals surface area contributed by atoms with Crippen LogP contribution in [-0.4, -0.2) is 49.1 Å². The molecule has 0 aromatic rings. The third-order valence-electron chi connectivity index (χ3n) is 4.13. The number of hydrogen-bond acceptors (Lipinski definition) is 2. The lowest BCUT2D eigenvalue weighted by molar-refractivity contribution is 0.143. The molecular formula is C16H34N4. The minimum absolute atomic E-state index is 0.478. The highest BCUT2D eigenvalue weighted by Gasteiger charge is 2.21. The molecule has 1 heterocycles. The van der Waals surface area contributed by atoms with Crippen molar-refractivity contribution in [2.75, 3.05) is 26.2 Å². The van der Waals surface area contributed by atoms with Gasteiger partial charge < -0.3 is 15.5 Å². The Hall–Kier alpha value is -0.770. The van der Waals surface area contributed by atoms with Crippen LogP contribution in [-0.2, 0) is 0 Å². The van der Waals surface area contributed by atoms with Gasteiger partial charge in [0, 0.05) is 31.7 Å². The summed E-state index contributed by atoms with van der Waals surface area (Å²) in [5.41, 5.74) is 0. The van der Waals surface area contributed by atoms with E-state index in [0.29, 0.717) is 18.0 Å². The van der Waals surface area contributed by atoms with E-state index in [2.05, 4.69) is 50.2 Å². The quantitative estimate of drug-likeness (QED) is 0.581. The van der Waals surface area contributed by atoms with Crippen LogP contribution in [0.4, 0.5) is 0 Å². The second-order valence-corrected chi connectivity index (χ2v) is 6.27. The van der Waals surface area contributed by atoms with Crippen molar-refractivity contribution >= 4 is 5.96 Å². The van der Waals surface area contributed by atoms with Gasteiger partial charge >= 0.3 is 0 Å². The van der Waals surface area contributed by atoms with Crippen molar-refractivity contribution in [1.29, 1.82) is 0 Å². The zero-order chi connectivity index (χ0) is 15.0. The molecule has 0 aromatic heterocycles. The fourth-order valence-electron chi connectivity index (χ4n) is 2.59. The van der Waals surface area contributed by atoms with Crippen LogP contribution >= 0.6 is 0 Å². The van der Waals surface area contributed by atoms with E-state index in [1.54, 1.807) is 0 Å². The van der Waals surface area contributed by atoms with Crippen LogP contribution in [0.3, 0.4) is 0 Å². The highest BCUT2D eigenvalue weighted by molar-refractivity contribution is 5.80. The second-order valence-electron chi connectivity index (χ2n) is 6.27. The van der Waals surface area contributed by atoms with Crippen LogP contribution in [0.2, 0.25) is 0 Å². The average molecular weight is 282 g/mol. The first-order chi connectivity index (χ1) is 9.56. The Kier molecular flexibility index (Phi) is 7.97. The highest BCUT2D eigenvalue weighted by atomic mass is 15.2. The number of nitrogens with zero attached hydrogens (tertiary/aromatic N) is 2. The number of piperidine rings is 1. The van der Waals surface area contributed by atoms with Gasteiger partial charge in [0.15, 0.2) is 5.96 Å². The molecule has 0 aromatic carbocycles. The molecule has 0 saturated carbocycles. The van der Waals surface area contributed by atoms with Crippen LogP contribution in [0.1, 0.15) is 53.9 Å². The van der Waals surface area contributed by atoms with Crippen LogP contribution < -0.4 is 10.6 Å². The smallest absolute Gasteiger partial charge is 0.191 e. The normalized spacial score (nSPS) is 22.9. The average Bonchev–Trinajstić information content (AvgIpc) is 2.45. The summed E-state index contributed by atoms with van der Waals surface area (Å²) in [6.07, 6.45) is 3.75. The maximum absolute atomic E-state index is 4.79. The fourth-order valence-corrected chi connectivity index (χ4v) is 2.59. The monoisotopic (exact) mass is 282 g/mol. The molecular weight excluding hydrogens is 248 g/mol. The van der Waals surface area contributed by atoms with E-state index in [4.69, 9.17) is 4.99 Å². The Labute approximate surface area is 125 Å². The fraction of sp³-hybridized carbons (Fsp3) is 0.938. The minimum atomic E-state index is 0.478. The van der Waals surface area contributed by atoms with Gasteiger partial charge in [-0.05, 0) is 59.4 Å². The summed E-state index contributed by atoms with van der Waals surface area (Å²) in [4.78, 5) is 7.37. The second kappa shape index (κ2) is 9.22. The van der Waals surface area contributed by atoms with Crippen molar-refractivity contribution < 1.29 is 0 Å². The molecule has 2 atom stereocenters. The topological polar surface area (TPSA) is 39.7 Å². The first kappa shape index (κ1) is 17.3. The Morgan fingerprint density at radius 1 is 1.30 bits per heavy atom. The summed E-state index contributed by atoms with van der Waals surface area (Å²) in [5, 5.41) is 6.81. The van der Waals surface area contributed by atoms with Gasteiger partial charge in [0.05, 0.1) is 0 Å². The molecule has 2 unspecified atom stereocenters. The van der Waals surface area contributed by atoms with Crippen molar-refractivity contribution in [2.45, 2.75) is 66.0 Å². The minimum Gasteiger partial charge on any atom is -0.357 e. The van der Waals surface area contributed by atoms with Crippen molar-refractivity contribution in [3.63, 3.8) is 0 Å². The Balaban J connectivity index is 2.48. The molecule has 1 aliphatic heterocycles. The van der Waals surface area contributed by atoms with Crippen molar-refractivity contribution in [1.82, 2.24) is 15.5 Å². The van der Waals surface area contributed by atoms with Crippen LogP contribution in [0, 0.1) is 5.92 Å². The van der Waals surface area contributed by atoms with Crippen molar-refractivity contribution in [3.8, 4) is 0 Å². The molecule has 0 bridgehead atoms. The van der Waals surface area contributed by atoms with Gasteiger partial charge in [0.25, 0.3) is 0 Å². The largest absolute Gasteiger partial charge is 0.357 e. The molecule has 118 valence electrons. The highest BCUT2D eigenvalue weighted by Crippen LogP contribution is 2.18. The van der Waals surface area contributed by atoms with Crippen LogP contribution in [0.15, 0.2) is 4.99 Å². The standard InChI is InChI=1S/C16H34N4/c1-6-14(5)19-16(17-7-2)18-11-15-9-8-10-20(12-15)13(3)4/h13-15H,6-12H2,1-5H3,(H2,17,18,19). The van der Waals surface area contributed by atoms with Gasteiger partial charge in [0.2, 0.25) is 0 Å². The van der Waals surface area contributed by atoms with Gasteiger partial charge in [-0.15, -0.1) is 0 Å². The molecule has 1 saturated heterocycles. The van der Waals surface area contributed by atoms with E-state index in [-0.39, 0.29) is 0 Å². The number of rotatable bonds is 6. The number of nitrogens with one attached hydrogen (secondary N) is 2. The van der Waals surface area contributed by atoms with E-state index in [9.17, 15) is 0 Å². The summed E-state index contributed by atoms with van der Waals surface area (Å²) in [6.45, 7) is 15.4. The predicted molar refractivity (Wildman–Crippen MR) is 88.3 cm³/mol. The Morgan fingerprint density at radius 3 is 2.65 bits per heavy atom. The summed E-state index contributed by atoms with van der Waals surface area (Å²) in [6, 6.07) is 1.14. The third-order valence-corrected chi connectivity index (χ3v) is 4.13. The molecule has 1 aliphatic rings. The van der Waals surface area contributed by atoms with Gasteiger partial charge in [-0.25, -0.2) is 0 Å². The third kappa shape index (κ3) is 6.12. The maximum atomic E-state index is 4.79. The Bertz CT molecular complexity index is 288. The van der Waals surface area contributed by atoms with E-state index in [1.807, 2.05) is 0 Å². The lowest BCUT2D eigenvalue weighted by atomic mass is 9.97.